The van der Waals surface area contributed by atoms with Crippen LogP contribution in [0.25, 0.3) is 0 Å². The van der Waals surface area contributed by atoms with Gasteiger partial charge in [0.2, 0.25) is 0 Å². The molecule has 0 nitrogen and oxygen atoms in total. The highest BCUT2D eigenvalue weighted by Crippen LogP contribution is 2.24. The first-order valence-corrected chi connectivity index (χ1v) is 6.70. The number of benzene rings is 1. The number of rotatable bonds is 6. The normalized spacial score (nSPS) is 14.8. The first-order valence-electron chi connectivity index (χ1n) is 6.70. The summed E-state index contributed by atoms with van der Waals surface area (Å²) < 4.78 is 0. The van der Waals surface area contributed by atoms with Crippen LogP contribution in [0.4, 0.5) is 0 Å². The maximum Gasteiger partial charge on any atom is -0.0143 e. The maximum absolute atomic E-state index is 3.46. The molecule has 1 aromatic carbocycles. The monoisotopic (exact) mass is 217 g/mol. The van der Waals surface area contributed by atoms with Gasteiger partial charge in [0.25, 0.3) is 0 Å². The molecule has 0 aliphatic rings. The van der Waals surface area contributed by atoms with E-state index >= 15 is 0 Å². The lowest BCUT2D eigenvalue weighted by molar-refractivity contribution is 0.654. The van der Waals surface area contributed by atoms with Gasteiger partial charge in [0.1, 0.15) is 0 Å². The van der Waals surface area contributed by atoms with Crippen LogP contribution >= 0.6 is 0 Å². The van der Waals surface area contributed by atoms with Crippen molar-refractivity contribution in [2.24, 2.45) is 0 Å². The molecule has 0 heteroatoms. The van der Waals surface area contributed by atoms with E-state index in [0.29, 0.717) is 11.8 Å². The highest BCUT2D eigenvalue weighted by atomic mass is 14.1. The summed E-state index contributed by atoms with van der Waals surface area (Å²) in [5.74, 6) is 1.33. The summed E-state index contributed by atoms with van der Waals surface area (Å²) in [7, 11) is 0. The van der Waals surface area contributed by atoms with E-state index in [2.05, 4.69) is 52.0 Å². The van der Waals surface area contributed by atoms with E-state index in [9.17, 15) is 0 Å². The fourth-order valence-electron chi connectivity index (χ4n) is 2.25. The van der Waals surface area contributed by atoms with E-state index < -0.39 is 0 Å². The summed E-state index contributed by atoms with van der Waals surface area (Å²) in [5, 5.41) is 0. The van der Waals surface area contributed by atoms with E-state index in [1.807, 2.05) is 0 Å². The van der Waals surface area contributed by atoms with Crippen molar-refractivity contribution in [3.05, 3.63) is 35.4 Å². The molecule has 0 aliphatic carbocycles. The minimum absolute atomic E-state index is 0.653. The highest BCUT2D eigenvalue weighted by Gasteiger charge is 2.07. The van der Waals surface area contributed by atoms with Crippen molar-refractivity contribution >= 4 is 0 Å². The summed E-state index contributed by atoms with van der Waals surface area (Å²) in [5.41, 5.74) is 2.81. The topological polar surface area (TPSA) is 0 Å². The minimum atomic E-state index is 0.653. The Bertz CT molecular complexity index is 252. The molecule has 0 amide bonds. The molecule has 0 fully saturated rings. The van der Waals surface area contributed by atoms with Crippen LogP contribution in [0.3, 0.4) is 0 Å². The van der Waals surface area contributed by atoms with Crippen molar-refractivity contribution < 1.29 is 0 Å². The Kier molecular flexibility index (Phi) is 5.59. The van der Waals surface area contributed by atoms with Crippen molar-refractivity contribution in [2.45, 2.75) is 65.2 Å². The second kappa shape index (κ2) is 6.73. The standard InChI is InChI=1S/C16H25/c1-5-7-13(3)15-9-11-16(12-10-15)14(4)8-6-2/h9-11,13-14H,5-8H2,1-4H3. The smallest absolute Gasteiger partial charge is 0.0143 e. The van der Waals surface area contributed by atoms with E-state index in [4.69, 9.17) is 0 Å². The highest BCUT2D eigenvalue weighted by molar-refractivity contribution is 5.25. The van der Waals surface area contributed by atoms with E-state index in [1.54, 1.807) is 0 Å². The van der Waals surface area contributed by atoms with Crippen molar-refractivity contribution in [1.82, 2.24) is 0 Å². The maximum atomic E-state index is 3.46. The zero-order valence-corrected chi connectivity index (χ0v) is 11.2. The minimum Gasteiger partial charge on any atom is -0.0654 e. The Balaban J connectivity index is 2.67. The van der Waals surface area contributed by atoms with Crippen molar-refractivity contribution in [3.8, 4) is 0 Å². The van der Waals surface area contributed by atoms with Gasteiger partial charge < -0.3 is 0 Å². The molecule has 0 saturated heterocycles. The molecule has 0 bridgehead atoms. The molecule has 2 unspecified atom stereocenters. The second-order valence-electron chi connectivity index (χ2n) is 4.96. The average molecular weight is 217 g/mol. The molecule has 16 heavy (non-hydrogen) atoms. The van der Waals surface area contributed by atoms with Crippen LogP contribution in [0, 0.1) is 6.07 Å². The molecule has 0 heterocycles. The van der Waals surface area contributed by atoms with Crippen LogP contribution in [-0.4, -0.2) is 0 Å². The Labute approximate surface area is 101 Å². The van der Waals surface area contributed by atoms with Crippen LogP contribution in [0.1, 0.15) is 76.3 Å². The van der Waals surface area contributed by atoms with Gasteiger partial charge in [-0.2, -0.15) is 0 Å². The van der Waals surface area contributed by atoms with Crippen molar-refractivity contribution in [2.75, 3.05) is 0 Å². The quantitative estimate of drug-likeness (QED) is 0.607. The Hall–Kier alpha value is -0.780. The number of hydrogen-bond donors (Lipinski definition) is 0. The Morgan fingerprint density at radius 2 is 1.62 bits per heavy atom. The molecule has 89 valence electrons. The summed E-state index contributed by atoms with van der Waals surface area (Å²) >= 11 is 0. The molecule has 1 rings (SSSR count). The predicted molar refractivity (Wildman–Crippen MR) is 71.9 cm³/mol. The molecule has 0 spiro atoms. The van der Waals surface area contributed by atoms with Crippen LogP contribution in [0.15, 0.2) is 18.2 Å². The fourth-order valence-corrected chi connectivity index (χ4v) is 2.25. The Morgan fingerprint density at radius 3 is 2.12 bits per heavy atom. The van der Waals surface area contributed by atoms with E-state index in [1.165, 1.54) is 36.8 Å². The summed E-state index contributed by atoms with van der Waals surface area (Å²) in [6.07, 6.45) is 5.05. The zero-order valence-electron chi connectivity index (χ0n) is 11.2. The van der Waals surface area contributed by atoms with Gasteiger partial charge in [-0.3, -0.25) is 0 Å². The average Bonchev–Trinajstić information content (AvgIpc) is 2.30. The van der Waals surface area contributed by atoms with Gasteiger partial charge in [0.15, 0.2) is 0 Å². The third-order valence-electron chi connectivity index (χ3n) is 3.40. The number of hydrogen-bond acceptors (Lipinski definition) is 0. The zero-order chi connectivity index (χ0) is 12.0. The van der Waals surface area contributed by atoms with Gasteiger partial charge in [-0.25, -0.2) is 0 Å². The Morgan fingerprint density at radius 1 is 1.00 bits per heavy atom. The molecule has 0 aromatic heterocycles. The molecule has 1 radical (unpaired) electrons. The fraction of sp³-hybridized carbons (Fsp3) is 0.625. The predicted octanol–water partition coefficient (Wildman–Crippen LogP) is 5.29. The molecule has 0 aliphatic heterocycles. The van der Waals surface area contributed by atoms with Crippen LogP contribution in [0.5, 0.6) is 0 Å². The largest absolute Gasteiger partial charge is 0.0654 e. The van der Waals surface area contributed by atoms with Crippen LogP contribution < -0.4 is 0 Å². The van der Waals surface area contributed by atoms with E-state index in [-0.39, 0.29) is 0 Å². The van der Waals surface area contributed by atoms with Gasteiger partial charge in [0, 0.05) is 0 Å². The van der Waals surface area contributed by atoms with Gasteiger partial charge in [-0.1, -0.05) is 58.7 Å². The summed E-state index contributed by atoms with van der Waals surface area (Å²) in [6.45, 7) is 9.10. The van der Waals surface area contributed by atoms with Crippen molar-refractivity contribution in [3.63, 3.8) is 0 Å². The van der Waals surface area contributed by atoms with Gasteiger partial charge in [-0.15, -0.1) is 0 Å². The molecular weight excluding hydrogens is 192 g/mol. The van der Waals surface area contributed by atoms with E-state index in [0.717, 1.165) is 0 Å². The molecule has 0 N–H and O–H groups in total. The molecule has 1 aromatic rings. The van der Waals surface area contributed by atoms with Gasteiger partial charge in [0.05, 0.1) is 0 Å². The first-order chi connectivity index (χ1) is 7.69. The lowest BCUT2D eigenvalue weighted by atomic mass is 9.91. The third kappa shape index (κ3) is 3.66. The lowest BCUT2D eigenvalue weighted by Crippen LogP contribution is -1.96. The van der Waals surface area contributed by atoms with Crippen LogP contribution in [0.2, 0.25) is 0 Å². The van der Waals surface area contributed by atoms with Crippen LogP contribution in [-0.2, 0) is 0 Å². The molecule has 2 atom stereocenters. The van der Waals surface area contributed by atoms with Gasteiger partial charge in [-0.05, 0) is 41.9 Å². The summed E-state index contributed by atoms with van der Waals surface area (Å²) in [4.78, 5) is 0. The molecule has 0 saturated carbocycles. The third-order valence-corrected chi connectivity index (χ3v) is 3.40. The van der Waals surface area contributed by atoms with Crippen molar-refractivity contribution in [1.29, 1.82) is 0 Å². The van der Waals surface area contributed by atoms with Gasteiger partial charge >= 0.3 is 0 Å². The lowest BCUT2D eigenvalue weighted by Gasteiger charge is -2.14. The SMILES string of the molecule is CCCC(C)c1[c]cc(C(C)CCC)cc1. The second-order valence-corrected chi connectivity index (χ2v) is 4.96. The molecular formula is C16H25. The first kappa shape index (κ1) is 13.3. The summed E-state index contributed by atoms with van der Waals surface area (Å²) in [6, 6.07) is 10.2.